The van der Waals surface area contributed by atoms with Gasteiger partial charge in [-0.15, -0.1) is 0 Å². The highest BCUT2D eigenvalue weighted by molar-refractivity contribution is 5.79. The average Bonchev–Trinajstić information content (AvgIpc) is 3.05. The number of hydrogen-bond donors (Lipinski definition) is 0. The number of fused-ring (bicyclic) bond motifs is 1. The number of rotatable bonds is 3. The van der Waals surface area contributed by atoms with Gasteiger partial charge in [-0.2, -0.15) is 0 Å². The van der Waals surface area contributed by atoms with E-state index in [0.717, 1.165) is 51.2 Å². The molecule has 2 aromatic rings. The number of carbonyl (C=O) groups excluding carboxylic acids is 1. The van der Waals surface area contributed by atoms with Crippen molar-refractivity contribution < 1.29 is 4.79 Å². The fourth-order valence-corrected chi connectivity index (χ4v) is 4.31. The minimum Gasteiger partial charge on any atom is -0.342 e. The van der Waals surface area contributed by atoms with Crippen molar-refractivity contribution in [3.05, 3.63) is 30.6 Å². The third kappa shape index (κ3) is 3.56. The SMILES string of the molecule is C[C@H]1CCCN(C(=O)C2CCN(Cn3cnc4ccccc43)CC2)C1. The number of hydrogen-bond acceptors (Lipinski definition) is 3. The van der Waals surface area contributed by atoms with Crippen LogP contribution in [0.5, 0.6) is 0 Å². The minimum absolute atomic E-state index is 0.223. The Labute approximate surface area is 149 Å². The Kier molecular flexibility index (Phi) is 4.75. The van der Waals surface area contributed by atoms with Crippen molar-refractivity contribution >= 4 is 16.9 Å². The van der Waals surface area contributed by atoms with E-state index < -0.39 is 0 Å². The molecule has 0 spiro atoms. The van der Waals surface area contributed by atoms with Gasteiger partial charge < -0.3 is 9.47 Å². The molecule has 1 aromatic carbocycles. The first-order valence-corrected chi connectivity index (χ1v) is 9.62. The Morgan fingerprint density at radius 3 is 2.76 bits per heavy atom. The molecule has 0 radical (unpaired) electrons. The van der Waals surface area contributed by atoms with Crippen LogP contribution in [0, 0.1) is 11.8 Å². The number of aromatic nitrogens is 2. The molecule has 5 nitrogen and oxygen atoms in total. The monoisotopic (exact) mass is 340 g/mol. The zero-order valence-electron chi connectivity index (χ0n) is 15.1. The Bertz CT molecular complexity index is 732. The van der Waals surface area contributed by atoms with Crippen molar-refractivity contribution in [3.8, 4) is 0 Å². The fraction of sp³-hybridized carbons (Fsp3) is 0.600. The maximum atomic E-state index is 12.8. The lowest BCUT2D eigenvalue weighted by molar-refractivity contribution is -0.139. The Morgan fingerprint density at radius 1 is 1.16 bits per heavy atom. The van der Waals surface area contributed by atoms with Crippen LogP contribution in [0.3, 0.4) is 0 Å². The highest BCUT2D eigenvalue weighted by atomic mass is 16.2. The van der Waals surface area contributed by atoms with E-state index in [1.165, 1.54) is 18.4 Å². The Morgan fingerprint density at radius 2 is 1.96 bits per heavy atom. The Balaban J connectivity index is 1.33. The molecule has 0 unspecified atom stereocenters. The summed E-state index contributed by atoms with van der Waals surface area (Å²) in [6.07, 6.45) is 6.32. The molecule has 1 aromatic heterocycles. The number of piperidine rings is 2. The number of nitrogens with zero attached hydrogens (tertiary/aromatic N) is 4. The molecular formula is C20H28N4O. The predicted octanol–water partition coefficient (Wildman–Crippen LogP) is 2.96. The lowest BCUT2D eigenvalue weighted by Gasteiger charge is -2.37. The summed E-state index contributed by atoms with van der Waals surface area (Å²) in [5, 5.41) is 0. The molecule has 2 saturated heterocycles. The van der Waals surface area contributed by atoms with E-state index in [1.54, 1.807) is 0 Å². The fourth-order valence-electron chi connectivity index (χ4n) is 4.31. The minimum atomic E-state index is 0.223. The summed E-state index contributed by atoms with van der Waals surface area (Å²) in [7, 11) is 0. The highest BCUT2D eigenvalue weighted by Crippen LogP contribution is 2.24. The lowest BCUT2D eigenvalue weighted by atomic mass is 9.93. The van der Waals surface area contributed by atoms with Crippen molar-refractivity contribution in [1.82, 2.24) is 19.4 Å². The third-order valence-electron chi connectivity index (χ3n) is 5.79. The number of imidazole rings is 1. The van der Waals surface area contributed by atoms with Gasteiger partial charge in [0.2, 0.25) is 5.91 Å². The average molecular weight is 340 g/mol. The van der Waals surface area contributed by atoms with E-state index in [0.29, 0.717) is 11.8 Å². The summed E-state index contributed by atoms with van der Waals surface area (Å²) < 4.78 is 2.21. The summed E-state index contributed by atoms with van der Waals surface area (Å²) in [6, 6.07) is 8.26. The third-order valence-corrected chi connectivity index (χ3v) is 5.79. The predicted molar refractivity (Wildman–Crippen MR) is 99.0 cm³/mol. The van der Waals surface area contributed by atoms with E-state index in [4.69, 9.17) is 0 Å². The van der Waals surface area contributed by atoms with E-state index in [2.05, 4.69) is 44.5 Å². The van der Waals surface area contributed by atoms with E-state index >= 15 is 0 Å². The summed E-state index contributed by atoms with van der Waals surface area (Å²) >= 11 is 0. The molecule has 0 bridgehead atoms. The van der Waals surface area contributed by atoms with Gasteiger partial charge in [0.15, 0.2) is 0 Å². The number of para-hydroxylation sites is 2. The number of carbonyl (C=O) groups is 1. The van der Waals surface area contributed by atoms with Crippen LogP contribution >= 0.6 is 0 Å². The maximum Gasteiger partial charge on any atom is 0.225 e. The first-order valence-electron chi connectivity index (χ1n) is 9.62. The molecule has 4 rings (SSSR count). The van der Waals surface area contributed by atoms with Gasteiger partial charge in [-0.3, -0.25) is 9.69 Å². The van der Waals surface area contributed by atoms with Crippen LogP contribution in [0.1, 0.15) is 32.6 Å². The molecule has 2 fully saturated rings. The van der Waals surface area contributed by atoms with Gasteiger partial charge in [0.05, 0.1) is 24.0 Å². The van der Waals surface area contributed by atoms with Crippen LogP contribution in [0.25, 0.3) is 11.0 Å². The van der Waals surface area contributed by atoms with Gasteiger partial charge in [-0.05, 0) is 43.7 Å². The molecule has 25 heavy (non-hydrogen) atoms. The van der Waals surface area contributed by atoms with Crippen molar-refractivity contribution in [3.63, 3.8) is 0 Å². The van der Waals surface area contributed by atoms with Gasteiger partial charge >= 0.3 is 0 Å². The lowest BCUT2D eigenvalue weighted by Crippen LogP contribution is -2.46. The second-order valence-electron chi connectivity index (χ2n) is 7.77. The smallest absolute Gasteiger partial charge is 0.225 e. The van der Waals surface area contributed by atoms with Gasteiger partial charge in [0.1, 0.15) is 0 Å². The van der Waals surface area contributed by atoms with Crippen molar-refractivity contribution in [1.29, 1.82) is 0 Å². The van der Waals surface area contributed by atoms with Gasteiger partial charge in [-0.1, -0.05) is 19.1 Å². The maximum absolute atomic E-state index is 12.8. The van der Waals surface area contributed by atoms with Crippen LogP contribution < -0.4 is 0 Å². The van der Waals surface area contributed by atoms with E-state index in [-0.39, 0.29) is 5.92 Å². The summed E-state index contributed by atoms with van der Waals surface area (Å²) in [6.45, 7) is 7.03. The van der Waals surface area contributed by atoms with Gasteiger partial charge in [0, 0.05) is 32.1 Å². The van der Waals surface area contributed by atoms with Gasteiger partial charge in [0.25, 0.3) is 0 Å². The number of benzene rings is 1. The molecule has 1 amide bonds. The second kappa shape index (κ2) is 7.16. The topological polar surface area (TPSA) is 41.4 Å². The molecular weight excluding hydrogens is 312 g/mol. The van der Waals surface area contributed by atoms with Crippen LogP contribution in [-0.2, 0) is 11.5 Å². The molecule has 0 saturated carbocycles. The summed E-state index contributed by atoms with van der Waals surface area (Å²) in [5.74, 6) is 1.28. The van der Waals surface area contributed by atoms with Crippen molar-refractivity contribution in [2.24, 2.45) is 11.8 Å². The first-order chi connectivity index (χ1) is 12.2. The molecule has 2 aliphatic rings. The van der Waals surface area contributed by atoms with Crippen molar-refractivity contribution in [2.45, 2.75) is 39.3 Å². The van der Waals surface area contributed by atoms with Crippen LogP contribution in [0.4, 0.5) is 0 Å². The Hall–Kier alpha value is -1.88. The molecule has 3 heterocycles. The first kappa shape index (κ1) is 16.6. The quantitative estimate of drug-likeness (QED) is 0.862. The molecule has 1 atom stereocenters. The number of amides is 1. The highest BCUT2D eigenvalue weighted by Gasteiger charge is 2.30. The zero-order valence-corrected chi connectivity index (χ0v) is 15.1. The largest absolute Gasteiger partial charge is 0.342 e. The van der Waals surface area contributed by atoms with Crippen LogP contribution in [0.2, 0.25) is 0 Å². The summed E-state index contributed by atoms with van der Waals surface area (Å²) in [5.41, 5.74) is 2.23. The normalized spacial score (nSPS) is 23.2. The van der Waals surface area contributed by atoms with Gasteiger partial charge in [-0.25, -0.2) is 4.98 Å². The molecule has 0 aliphatic carbocycles. The zero-order chi connectivity index (χ0) is 17.2. The molecule has 134 valence electrons. The van der Waals surface area contributed by atoms with Crippen LogP contribution in [-0.4, -0.2) is 51.4 Å². The summed E-state index contributed by atoms with van der Waals surface area (Å²) in [4.78, 5) is 21.8. The van der Waals surface area contributed by atoms with Crippen molar-refractivity contribution in [2.75, 3.05) is 26.2 Å². The molecule has 0 N–H and O–H groups in total. The van der Waals surface area contributed by atoms with Crippen LogP contribution in [0.15, 0.2) is 30.6 Å². The van der Waals surface area contributed by atoms with E-state index in [9.17, 15) is 4.79 Å². The van der Waals surface area contributed by atoms with E-state index in [1.807, 2.05) is 12.4 Å². The molecule has 2 aliphatic heterocycles. The molecule has 5 heteroatoms. The standard InChI is InChI=1S/C20H28N4O/c1-16-5-4-10-23(13-16)20(25)17-8-11-22(12-9-17)15-24-14-21-18-6-2-3-7-19(18)24/h2-3,6-7,14,16-17H,4-5,8-13,15H2,1H3/t16-/m0/s1. The second-order valence-corrected chi connectivity index (χ2v) is 7.77. The number of likely N-dealkylation sites (tertiary alicyclic amines) is 2.